The summed E-state index contributed by atoms with van der Waals surface area (Å²) in [5.74, 6) is -0.0536. The highest BCUT2D eigenvalue weighted by Gasteiger charge is 2.25. The van der Waals surface area contributed by atoms with Gasteiger partial charge in [-0.3, -0.25) is 4.79 Å². The number of hydrogen-bond donors (Lipinski definition) is 1. The molecule has 0 radical (unpaired) electrons. The van der Waals surface area contributed by atoms with Crippen molar-refractivity contribution in [2.24, 2.45) is 0 Å². The van der Waals surface area contributed by atoms with Crippen LogP contribution in [0.1, 0.15) is 22.3 Å². The first-order valence-corrected chi connectivity index (χ1v) is 5.68. The van der Waals surface area contributed by atoms with E-state index in [0.717, 1.165) is 5.56 Å². The summed E-state index contributed by atoms with van der Waals surface area (Å²) in [7, 11) is 0. The van der Waals surface area contributed by atoms with Gasteiger partial charge < -0.3 is 10.0 Å². The fourth-order valence-corrected chi connectivity index (χ4v) is 2.26. The Labute approximate surface area is 99.6 Å². The molecule has 0 bridgehead atoms. The number of β-amino-alcohol motifs (C(OH)–C–C–N with tert-alkyl or cyclic N) is 1. The van der Waals surface area contributed by atoms with Crippen molar-refractivity contribution < 1.29 is 9.90 Å². The molecule has 0 saturated carbocycles. The van der Waals surface area contributed by atoms with Gasteiger partial charge >= 0.3 is 0 Å². The molecule has 1 atom stereocenters. The largest absolute Gasteiger partial charge is 0.391 e. The number of carbonyl (C=O) groups is 1. The van der Waals surface area contributed by atoms with Gasteiger partial charge in [0, 0.05) is 23.7 Å². The zero-order valence-electron chi connectivity index (χ0n) is 9.11. The minimum atomic E-state index is -0.385. The second-order valence-corrected chi connectivity index (χ2v) is 4.65. The standard InChI is InChI=1S/C12H14ClNO2/c1-8-4-9(6-10(13)5-8)12(16)14-3-2-11(15)7-14/h4-6,11,15H,2-3,7H2,1H3/t11-/m1/s1. The molecular formula is C12H14ClNO2. The van der Waals surface area contributed by atoms with Gasteiger partial charge in [-0.2, -0.15) is 0 Å². The van der Waals surface area contributed by atoms with Crippen LogP contribution in [-0.2, 0) is 0 Å². The van der Waals surface area contributed by atoms with E-state index in [9.17, 15) is 9.90 Å². The van der Waals surface area contributed by atoms with Crippen molar-refractivity contribution in [3.05, 3.63) is 34.3 Å². The number of nitrogens with zero attached hydrogens (tertiary/aromatic N) is 1. The highest BCUT2D eigenvalue weighted by molar-refractivity contribution is 6.31. The lowest BCUT2D eigenvalue weighted by atomic mass is 10.1. The van der Waals surface area contributed by atoms with Crippen molar-refractivity contribution in [1.82, 2.24) is 4.90 Å². The van der Waals surface area contributed by atoms with Gasteiger partial charge in [0.05, 0.1) is 6.10 Å². The molecule has 2 rings (SSSR count). The first-order valence-electron chi connectivity index (χ1n) is 5.31. The van der Waals surface area contributed by atoms with E-state index in [1.165, 1.54) is 0 Å². The number of carbonyl (C=O) groups excluding carboxylic acids is 1. The third kappa shape index (κ3) is 2.36. The Kier molecular flexibility index (Phi) is 3.17. The molecule has 3 nitrogen and oxygen atoms in total. The summed E-state index contributed by atoms with van der Waals surface area (Å²) in [4.78, 5) is 13.7. The quantitative estimate of drug-likeness (QED) is 0.813. The number of aliphatic hydroxyl groups excluding tert-OH is 1. The van der Waals surface area contributed by atoms with E-state index >= 15 is 0 Å². The summed E-state index contributed by atoms with van der Waals surface area (Å²) >= 11 is 5.91. The lowest BCUT2D eigenvalue weighted by Gasteiger charge is -2.15. The molecule has 1 fully saturated rings. The van der Waals surface area contributed by atoms with E-state index in [-0.39, 0.29) is 12.0 Å². The highest BCUT2D eigenvalue weighted by atomic mass is 35.5. The number of hydrogen-bond acceptors (Lipinski definition) is 2. The van der Waals surface area contributed by atoms with Gasteiger partial charge in [0.1, 0.15) is 0 Å². The molecule has 1 aliphatic heterocycles. The second kappa shape index (κ2) is 4.44. The number of amides is 1. The van der Waals surface area contributed by atoms with Gasteiger partial charge in [0.25, 0.3) is 5.91 Å². The summed E-state index contributed by atoms with van der Waals surface area (Å²) in [5.41, 5.74) is 1.56. The van der Waals surface area contributed by atoms with Crippen molar-refractivity contribution >= 4 is 17.5 Å². The Morgan fingerprint density at radius 3 is 2.81 bits per heavy atom. The SMILES string of the molecule is Cc1cc(Cl)cc(C(=O)N2CC[C@@H](O)C2)c1. The van der Waals surface area contributed by atoms with E-state index in [1.807, 2.05) is 19.1 Å². The van der Waals surface area contributed by atoms with Crippen LogP contribution in [0.15, 0.2) is 18.2 Å². The first-order chi connectivity index (χ1) is 7.56. The van der Waals surface area contributed by atoms with Gasteiger partial charge in [-0.15, -0.1) is 0 Å². The van der Waals surface area contributed by atoms with E-state index in [0.29, 0.717) is 30.1 Å². The van der Waals surface area contributed by atoms with Gasteiger partial charge in [-0.1, -0.05) is 11.6 Å². The molecular weight excluding hydrogens is 226 g/mol. The van der Waals surface area contributed by atoms with Crippen molar-refractivity contribution in [1.29, 1.82) is 0 Å². The van der Waals surface area contributed by atoms with Crippen LogP contribution in [0, 0.1) is 6.92 Å². The predicted octanol–water partition coefficient (Wildman–Crippen LogP) is 1.86. The van der Waals surface area contributed by atoms with Gasteiger partial charge in [-0.05, 0) is 37.1 Å². The molecule has 0 spiro atoms. The molecule has 1 saturated heterocycles. The molecule has 16 heavy (non-hydrogen) atoms. The molecule has 1 aliphatic rings. The van der Waals surface area contributed by atoms with Gasteiger partial charge in [0.15, 0.2) is 0 Å². The Morgan fingerprint density at radius 2 is 2.25 bits per heavy atom. The first kappa shape index (κ1) is 11.4. The van der Waals surface area contributed by atoms with E-state index < -0.39 is 0 Å². The molecule has 1 amide bonds. The molecule has 86 valence electrons. The number of aryl methyl sites for hydroxylation is 1. The van der Waals surface area contributed by atoms with E-state index in [1.54, 1.807) is 11.0 Å². The summed E-state index contributed by atoms with van der Waals surface area (Å²) < 4.78 is 0. The minimum Gasteiger partial charge on any atom is -0.391 e. The lowest BCUT2D eigenvalue weighted by molar-refractivity contribution is 0.0765. The van der Waals surface area contributed by atoms with Crippen molar-refractivity contribution in [3.63, 3.8) is 0 Å². The molecule has 0 aromatic heterocycles. The molecule has 0 unspecified atom stereocenters. The van der Waals surface area contributed by atoms with Crippen LogP contribution >= 0.6 is 11.6 Å². The Hall–Kier alpha value is -1.06. The smallest absolute Gasteiger partial charge is 0.254 e. The molecule has 0 aliphatic carbocycles. The maximum atomic E-state index is 12.1. The Balaban J connectivity index is 2.20. The molecule has 1 aromatic rings. The number of benzene rings is 1. The average Bonchev–Trinajstić information content (AvgIpc) is 2.62. The van der Waals surface area contributed by atoms with Crippen LogP contribution in [0.25, 0.3) is 0 Å². The summed E-state index contributed by atoms with van der Waals surface area (Å²) in [5, 5.41) is 9.96. The van der Waals surface area contributed by atoms with Gasteiger partial charge in [0.2, 0.25) is 0 Å². The maximum Gasteiger partial charge on any atom is 0.254 e. The topological polar surface area (TPSA) is 40.5 Å². The summed E-state index contributed by atoms with van der Waals surface area (Å²) in [6, 6.07) is 5.30. The van der Waals surface area contributed by atoms with Gasteiger partial charge in [-0.25, -0.2) is 0 Å². The average molecular weight is 240 g/mol. The predicted molar refractivity (Wildman–Crippen MR) is 62.7 cm³/mol. The molecule has 4 heteroatoms. The van der Waals surface area contributed by atoms with Crippen LogP contribution in [-0.4, -0.2) is 35.1 Å². The normalized spacial score (nSPS) is 20.2. The molecule has 1 aromatic carbocycles. The Morgan fingerprint density at radius 1 is 1.50 bits per heavy atom. The number of likely N-dealkylation sites (tertiary alicyclic amines) is 1. The fraction of sp³-hybridized carbons (Fsp3) is 0.417. The summed E-state index contributed by atoms with van der Waals surface area (Å²) in [6.45, 7) is 2.94. The number of rotatable bonds is 1. The Bertz CT molecular complexity index is 399. The minimum absolute atomic E-state index is 0.0536. The van der Waals surface area contributed by atoms with Crippen LogP contribution < -0.4 is 0 Å². The van der Waals surface area contributed by atoms with Crippen LogP contribution in [0.4, 0.5) is 0 Å². The zero-order valence-corrected chi connectivity index (χ0v) is 9.87. The zero-order chi connectivity index (χ0) is 11.7. The van der Waals surface area contributed by atoms with Crippen molar-refractivity contribution in [2.45, 2.75) is 19.4 Å². The number of halogens is 1. The van der Waals surface area contributed by atoms with Crippen LogP contribution in [0.2, 0.25) is 5.02 Å². The monoisotopic (exact) mass is 239 g/mol. The summed E-state index contributed by atoms with van der Waals surface area (Å²) in [6.07, 6.45) is 0.273. The molecule has 1 heterocycles. The maximum absolute atomic E-state index is 12.1. The molecule has 1 N–H and O–H groups in total. The van der Waals surface area contributed by atoms with E-state index in [4.69, 9.17) is 11.6 Å². The third-order valence-corrected chi connectivity index (χ3v) is 2.96. The van der Waals surface area contributed by atoms with Crippen molar-refractivity contribution in [3.8, 4) is 0 Å². The fourth-order valence-electron chi connectivity index (χ4n) is 1.97. The van der Waals surface area contributed by atoms with E-state index in [2.05, 4.69) is 0 Å². The highest BCUT2D eigenvalue weighted by Crippen LogP contribution is 2.18. The third-order valence-electron chi connectivity index (χ3n) is 2.74. The van der Waals surface area contributed by atoms with Crippen molar-refractivity contribution in [2.75, 3.05) is 13.1 Å². The van der Waals surface area contributed by atoms with Crippen LogP contribution in [0.3, 0.4) is 0 Å². The lowest BCUT2D eigenvalue weighted by Crippen LogP contribution is -2.29. The number of aliphatic hydroxyl groups is 1. The van der Waals surface area contributed by atoms with Crippen LogP contribution in [0.5, 0.6) is 0 Å². The second-order valence-electron chi connectivity index (χ2n) is 4.21.